The lowest BCUT2D eigenvalue weighted by Crippen LogP contribution is -2.34. The minimum absolute atomic E-state index is 0.0796. The SMILES string of the molecule is O=C(NOC1CCCCO1)C1CC1c1ccc(F)cc1. The molecule has 5 heteroatoms. The number of carbonyl (C=O) groups excluding carboxylic acids is 1. The van der Waals surface area contributed by atoms with Crippen LogP contribution in [0.3, 0.4) is 0 Å². The van der Waals surface area contributed by atoms with Gasteiger partial charge in [0.2, 0.25) is 5.91 Å². The highest BCUT2D eigenvalue weighted by Gasteiger charge is 2.44. The van der Waals surface area contributed by atoms with Crippen LogP contribution in [0.4, 0.5) is 4.39 Å². The topological polar surface area (TPSA) is 47.6 Å². The fraction of sp³-hybridized carbons (Fsp3) is 0.533. The first kappa shape index (κ1) is 13.5. The minimum atomic E-state index is -0.323. The van der Waals surface area contributed by atoms with Gasteiger partial charge >= 0.3 is 0 Å². The van der Waals surface area contributed by atoms with Gasteiger partial charge in [0, 0.05) is 18.9 Å². The summed E-state index contributed by atoms with van der Waals surface area (Å²) in [4.78, 5) is 17.2. The van der Waals surface area contributed by atoms with Crippen LogP contribution in [0, 0.1) is 11.7 Å². The molecule has 1 aliphatic carbocycles. The highest BCUT2D eigenvalue weighted by molar-refractivity contribution is 5.81. The second-order valence-corrected chi connectivity index (χ2v) is 5.38. The third-order valence-electron chi connectivity index (χ3n) is 3.85. The van der Waals surface area contributed by atoms with Crippen molar-refractivity contribution >= 4 is 5.91 Å². The van der Waals surface area contributed by atoms with Gasteiger partial charge in [-0.1, -0.05) is 12.1 Å². The number of nitrogens with one attached hydrogen (secondary N) is 1. The van der Waals surface area contributed by atoms with Crippen LogP contribution in [-0.4, -0.2) is 18.8 Å². The first-order valence-electron chi connectivity index (χ1n) is 7.06. The molecule has 1 aliphatic heterocycles. The Balaban J connectivity index is 1.46. The number of carbonyl (C=O) groups is 1. The average Bonchev–Trinajstić information content (AvgIpc) is 3.27. The van der Waals surface area contributed by atoms with Gasteiger partial charge in [-0.15, -0.1) is 0 Å². The number of rotatable bonds is 4. The van der Waals surface area contributed by atoms with Crippen LogP contribution >= 0.6 is 0 Å². The van der Waals surface area contributed by atoms with Gasteiger partial charge in [-0.25, -0.2) is 14.7 Å². The van der Waals surface area contributed by atoms with Crippen LogP contribution in [0.25, 0.3) is 0 Å². The molecule has 1 heterocycles. The first-order valence-corrected chi connectivity index (χ1v) is 7.06. The average molecular weight is 279 g/mol. The van der Waals surface area contributed by atoms with Crippen LogP contribution in [0.2, 0.25) is 0 Å². The molecule has 2 fully saturated rings. The summed E-state index contributed by atoms with van der Waals surface area (Å²) in [5.41, 5.74) is 3.49. The molecule has 1 saturated heterocycles. The number of hydrogen-bond donors (Lipinski definition) is 1. The first-order chi connectivity index (χ1) is 9.74. The molecule has 0 spiro atoms. The van der Waals surface area contributed by atoms with E-state index in [2.05, 4.69) is 5.48 Å². The molecule has 1 saturated carbocycles. The van der Waals surface area contributed by atoms with E-state index >= 15 is 0 Å². The molecule has 1 aromatic carbocycles. The van der Waals surface area contributed by atoms with Crippen LogP contribution in [0.5, 0.6) is 0 Å². The lowest BCUT2D eigenvalue weighted by Gasteiger charge is -2.22. The van der Waals surface area contributed by atoms with E-state index in [-0.39, 0.29) is 29.9 Å². The van der Waals surface area contributed by atoms with Gasteiger partial charge in [0.15, 0.2) is 6.29 Å². The van der Waals surface area contributed by atoms with Crippen LogP contribution in [0.15, 0.2) is 24.3 Å². The second kappa shape index (κ2) is 5.89. The van der Waals surface area contributed by atoms with E-state index in [1.807, 2.05) is 0 Å². The van der Waals surface area contributed by atoms with Crippen molar-refractivity contribution in [1.82, 2.24) is 5.48 Å². The summed E-state index contributed by atoms with van der Waals surface area (Å²) in [6, 6.07) is 6.32. The Kier molecular flexibility index (Phi) is 3.98. The number of amides is 1. The number of hydroxylamine groups is 1. The molecule has 3 unspecified atom stereocenters. The molecule has 1 N–H and O–H groups in total. The van der Waals surface area contributed by atoms with Crippen molar-refractivity contribution in [3.63, 3.8) is 0 Å². The Labute approximate surface area is 117 Å². The molecule has 4 nitrogen and oxygen atoms in total. The number of ether oxygens (including phenoxy) is 1. The number of halogens is 1. The zero-order valence-electron chi connectivity index (χ0n) is 11.2. The molecule has 3 atom stereocenters. The van der Waals surface area contributed by atoms with Crippen molar-refractivity contribution in [2.24, 2.45) is 5.92 Å². The van der Waals surface area contributed by atoms with E-state index in [9.17, 15) is 9.18 Å². The smallest absolute Gasteiger partial charge is 0.247 e. The monoisotopic (exact) mass is 279 g/mol. The summed E-state index contributed by atoms with van der Waals surface area (Å²) < 4.78 is 18.2. The summed E-state index contributed by atoms with van der Waals surface area (Å²) in [7, 11) is 0. The Hall–Kier alpha value is -1.46. The molecule has 0 bridgehead atoms. The third kappa shape index (κ3) is 3.16. The maximum Gasteiger partial charge on any atom is 0.247 e. The lowest BCUT2D eigenvalue weighted by molar-refractivity contribution is -0.201. The summed E-state index contributed by atoms with van der Waals surface area (Å²) >= 11 is 0. The maximum atomic E-state index is 12.8. The van der Waals surface area contributed by atoms with E-state index in [1.54, 1.807) is 12.1 Å². The minimum Gasteiger partial charge on any atom is -0.350 e. The van der Waals surface area contributed by atoms with Crippen molar-refractivity contribution in [3.8, 4) is 0 Å². The van der Waals surface area contributed by atoms with E-state index in [4.69, 9.17) is 9.57 Å². The summed E-state index contributed by atoms with van der Waals surface area (Å²) in [5, 5.41) is 0. The second-order valence-electron chi connectivity index (χ2n) is 5.38. The molecular weight excluding hydrogens is 261 g/mol. The largest absolute Gasteiger partial charge is 0.350 e. The Morgan fingerprint density at radius 1 is 1.30 bits per heavy atom. The summed E-state index contributed by atoms with van der Waals surface area (Å²) in [6.07, 6.45) is 3.37. The molecule has 1 aromatic rings. The Morgan fingerprint density at radius 3 is 2.80 bits per heavy atom. The fourth-order valence-electron chi connectivity index (χ4n) is 2.57. The van der Waals surface area contributed by atoms with E-state index in [1.165, 1.54) is 12.1 Å². The molecule has 20 heavy (non-hydrogen) atoms. The predicted octanol–water partition coefficient (Wildman–Crippen LogP) is 2.50. The van der Waals surface area contributed by atoms with Crippen molar-refractivity contribution in [1.29, 1.82) is 0 Å². The molecule has 3 rings (SSSR count). The fourth-order valence-corrected chi connectivity index (χ4v) is 2.57. The van der Waals surface area contributed by atoms with Crippen molar-refractivity contribution in [3.05, 3.63) is 35.6 Å². The highest BCUT2D eigenvalue weighted by Crippen LogP contribution is 2.47. The molecule has 1 amide bonds. The van der Waals surface area contributed by atoms with Gasteiger partial charge in [-0.3, -0.25) is 4.79 Å². The van der Waals surface area contributed by atoms with Crippen molar-refractivity contribution < 1.29 is 18.8 Å². The van der Waals surface area contributed by atoms with Gasteiger partial charge in [-0.2, -0.15) is 0 Å². The predicted molar refractivity (Wildman–Crippen MR) is 70.1 cm³/mol. The summed E-state index contributed by atoms with van der Waals surface area (Å²) in [6.45, 7) is 0.683. The standard InChI is InChI=1S/C15H18FNO3/c16-11-6-4-10(5-7-11)12-9-13(12)15(18)17-20-14-3-1-2-8-19-14/h4-7,12-14H,1-3,8-9H2,(H,17,18). The quantitative estimate of drug-likeness (QED) is 0.861. The summed E-state index contributed by atoms with van der Waals surface area (Å²) in [5.74, 6) is -0.280. The third-order valence-corrected chi connectivity index (χ3v) is 3.85. The van der Waals surface area contributed by atoms with Crippen molar-refractivity contribution in [2.75, 3.05) is 6.61 Å². The van der Waals surface area contributed by atoms with Crippen LogP contribution < -0.4 is 5.48 Å². The lowest BCUT2D eigenvalue weighted by atomic mass is 10.1. The van der Waals surface area contributed by atoms with Crippen LogP contribution in [-0.2, 0) is 14.4 Å². The molecule has 108 valence electrons. The molecule has 0 radical (unpaired) electrons. The Bertz CT molecular complexity index is 471. The van der Waals surface area contributed by atoms with Gasteiger partial charge in [0.1, 0.15) is 5.82 Å². The van der Waals surface area contributed by atoms with E-state index in [0.717, 1.165) is 31.2 Å². The maximum absolute atomic E-state index is 12.8. The van der Waals surface area contributed by atoms with Gasteiger partial charge < -0.3 is 4.74 Å². The number of benzene rings is 1. The normalized spacial score (nSPS) is 28.9. The highest BCUT2D eigenvalue weighted by atomic mass is 19.1. The van der Waals surface area contributed by atoms with E-state index < -0.39 is 0 Å². The van der Waals surface area contributed by atoms with Gasteiger partial charge in [0.05, 0.1) is 0 Å². The number of hydrogen-bond acceptors (Lipinski definition) is 3. The molecule has 0 aromatic heterocycles. The zero-order valence-corrected chi connectivity index (χ0v) is 11.2. The molecule has 2 aliphatic rings. The van der Waals surface area contributed by atoms with E-state index in [0.29, 0.717) is 6.61 Å². The van der Waals surface area contributed by atoms with Crippen LogP contribution in [0.1, 0.15) is 37.2 Å². The Morgan fingerprint density at radius 2 is 2.10 bits per heavy atom. The van der Waals surface area contributed by atoms with Gasteiger partial charge in [0.25, 0.3) is 0 Å². The van der Waals surface area contributed by atoms with Gasteiger partial charge in [-0.05, 0) is 42.9 Å². The molecular formula is C15H18FNO3. The van der Waals surface area contributed by atoms with Crippen molar-refractivity contribution in [2.45, 2.75) is 37.9 Å². The zero-order chi connectivity index (χ0) is 13.9.